The van der Waals surface area contributed by atoms with Crippen LogP contribution in [0.25, 0.3) is 0 Å². The highest BCUT2D eigenvalue weighted by Crippen LogP contribution is 2.11. The summed E-state index contributed by atoms with van der Waals surface area (Å²) >= 11 is 0. The summed E-state index contributed by atoms with van der Waals surface area (Å²) in [5.41, 5.74) is 1.35. The van der Waals surface area contributed by atoms with Gasteiger partial charge < -0.3 is 5.32 Å². The van der Waals surface area contributed by atoms with Crippen LogP contribution in [0, 0.1) is 0 Å². The second kappa shape index (κ2) is 10.4. The Hall–Kier alpha value is -0.120. The summed E-state index contributed by atoms with van der Waals surface area (Å²) in [5.74, 6) is 0. The fourth-order valence-electron chi connectivity index (χ4n) is 1.34. The van der Waals surface area contributed by atoms with Gasteiger partial charge in [0.1, 0.15) is 0 Å². The van der Waals surface area contributed by atoms with Gasteiger partial charge in [0.05, 0.1) is 0 Å². The van der Waals surface area contributed by atoms with Gasteiger partial charge in [-0.05, 0) is 12.5 Å². The Kier molecular flexibility index (Phi) is 14.1. The Morgan fingerprint density at radius 2 is 1.40 bits per heavy atom. The van der Waals surface area contributed by atoms with Crippen molar-refractivity contribution in [1.29, 1.82) is 0 Å². The van der Waals surface area contributed by atoms with E-state index in [1.54, 1.807) is 0 Å². The van der Waals surface area contributed by atoms with Crippen LogP contribution in [0.2, 0.25) is 0 Å². The molecule has 1 nitrogen and oxygen atoms in total. The zero-order valence-corrected chi connectivity index (χ0v) is 11.0. The standard InChI is InChI=1S/C11H17N.CH4.2H2S/c1-9(2)12-10(3)11-7-5-4-6-8-11;;;/h4-10,12H,1-3H3;1H4;2*1H2/t10-;;;/m0.../s1. The van der Waals surface area contributed by atoms with E-state index in [9.17, 15) is 0 Å². The lowest BCUT2D eigenvalue weighted by atomic mass is 10.1. The minimum atomic E-state index is 0. The maximum Gasteiger partial charge on any atom is 0.0294 e. The molecule has 0 fully saturated rings. The summed E-state index contributed by atoms with van der Waals surface area (Å²) in [6, 6.07) is 11.5. The van der Waals surface area contributed by atoms with E-state index in [1.807, 2.05) is 6.07 Å². The van der Waals surface area contributed by atoms with E-state index in [0.29, 0.717) is 12.1 Å². The molecule has 0 aliphatic heterocycles. The van der Waals surface area contributed by atoms with Crippen molar-refractivity contribution >= 4 is 27.0 Å². The van der Waals surface area contributed by atoms with Gasteiger partial charge in [0, 0.05) is 12.1 Å². The molecular formula is C12H25NS2. The Bertz CT molecular complexity index is 224. The van der Waals surface area contributed by atoms with E-state index >= 15 is 0 Å². The normalized spacial score (nSPS) is 10.7. The van der Waals surface area contributed by atoms with Crippen molar-refractivity contribution in [3.8, 4) is 0 Å². The van der Waals surface area contributed by atoms with Crippen LogP contribution >= 0.6 is 27.0 Å². The maximum absolute atomic E-state index is 3.46. The third-order valence-corrected chi connectivity index (χ3v) is 1.88. The van der Waals surface area contributed by atoms with Crippen LogP contribution in [0.15, 0.2) is 30.3 Å². The largest absolute Gasteiger partial charge is 0.308 e. The first-order chi connectivity index (χ1) is 5.70. The zero-order chi connectivity index (χ0) is 8.97. The fraction of sp³-hybridized carbons (Fsp3) is 0.500. The average Bonchev–Trinajstić information content (AvgIpc) is 2.05. The van der Waals surface area contributed by atoms with Crippen LogP contribution in [-0.2, 0) is 0 Å². The highest BCUT2D eigenvalue weighted by Gasteiger charge is 2.04. The predicted octanol–water partition coefficient (Wildman–Crippen LogP) is 3.61. The molecule has 0 heterocycles. The molecule has 0 spiro atoms. The smallest absolute Gasteiger partial charge is 0.0294 e. The van der Waals surface area contributed by atoms with Crippen LogP contribution in [-0.4, -0.2) is 6.04 Å². The first-order valence-corrected chi connectivity index (χ1v) is 4.51. The van der Waals surface area contributed by atoms with Crippen molar-refractivity contribution < 1.29 is 0 Å². The van der Waals surface area contributed by atoms with Crippen LogP contribution in [0.5, 0.6) is 0 Å². The van der Waals surface area contributed by atoms with Gasteiger partial charge in [-0.25, -0.2) is 0 Å². The SMILES string of the molecule is C.CC(C)N[C@@H](C)c1ccccc1.S.S. The average molecular weight is 247 g/mol. The molecule has 1 aromatic rings. The van der Waals surface area contributed by atoms with Crippen molar-refractivity contribution in [1.82, 2.24) is 5.32 Å². The van der Waals surface area contributed by atoms with Gasteiger partial charge in [-0.3, -0.25) is 0 Å². The summed E-state index contributed by atoms with van der Waals surface area (Å²) in [5, 5.41) is 3.46. The Labute approximate surface area is 109 Å². The molecule has 0 aliphatic rings. The van der Waals surface area contributed by atoms with Crippen molar-refractivity contribution in [2.45, 2.75) is 40.3 Å². The van der Waals surface area contributed by atoms with Gasteiger partial charge in [-0.1, -0.05) is 51.6 Å². The Morgan fingerprint density at radius 3 is 1.80 bits per heavy atom. The van der Waals surface area contributed by atoms with Crippen molar-refractivity contribution in [2.75, 3.05) is 0 Å². The second-order valence-corrected chi connectivity index (χ2v) is 3.45. The first-order valence-electron chi connectivity index (χ1n) is 4.51. The molecular weight excluding hydrogens is 222 g/mol. The van der Waals surface area contributed by atoms with E-state index < -0.39 is 0 Å². The summed E-state index contributed by atoms with van der Waals surface area (Å²) in [6.45, 7) is 6.52. The van der Waals surface area contributed by atoms with Crippen LogP contribution in [0.1, 0.15) is 39.8 Å². The Morgan fingerprint density at radius 1 is 0.933 bits per heavy atom. The van der Waals surface area contributed by atoms with Crippen molar-refractivity contribution in [3.05, 3.63) is 35.9 Å². The summed E-state index contributed by atoms with van der Waals surface area (Å²) in [6.07, 6.45) is 0. The molecule has 0 bridgehead atoms. The Balaban J connectivity index is -0.000000480. The van der Waals surface area contributed by atoms with E-state index in [1.165, 1.54) is 5.56 Å². The minimum absolute atomic E-state index is 0. The number of benzene rings is 1. The molecule has 0 saturated heterocycles. The molecule has 0 saturated carbocycles. The first kappa shape index (κ1) is 20.3. The third-order valence-electron chi connectivity index (χ3n) is 1.88. The maximum atomic E-state index is 3.46. The quantitative estimate of drug-likeness (QED) is 0.860. The molecule has 0 aliphatic carbocycles. The van der Waals surface area contributed by atoms with Gasteiger partial charge in [-0.15, -0.1) is 0 Å². The minimum Gasteiger partial charge on any atom is -0.308 e. The number of nitrogens with one attached hydrogen (secondary N) is 1. The van der Waals surface area contributed by atoms with E-state index in [2.05, 4.69) is 50.4 Å². The molecule has 0 unspecified atom stereocenters. The summed E-state index contributed by atoms with van der Waals surface area (Å²) < 4.78 is 0. The number of rotatable bonds is 3. The lowest BCUT2D eigenvalue weighted by Gasteiger charge is -2.16. The monoisotopic (exact) mass is 247 g/mol. The molecule has 90 valence electrons. The highest BCUT2D eigenvalue weighted by atomic mass is 32.1. The van der Waals surface area contributed by atoms with Crippen LogP contribution < -0.4 is 5.32 Å². The van der Waals surface area contributed by atoms with Gasteiger partial charge >= 0.3 is 0 Å². The summed E-state index contributed by atoms with van der Waals surface area (Å²) in [4.78, 5) is 0. The number of hydrogen-bond donors (Lipinski definition) is 1. The molecule has 15 heavy (non-hydrogen) atoms. The topological polar surface area (TPSA) is 12.0 Å². The van der Waals surface area contributed by atoms with Gasteiger partial charge in [-0.2, -0.15) is 27.0 Å². The molecule has 0 aromatic heterocycles. The van der Waals surface area contributed by atoms with E-state index in [0.717, 1.165) is 0 Å². The lowest BCUT2D eigenvalue weighted by molar-refractivity contribution is 0.506. The molecule has 1 N–H and O–H groups in total. The van der Waals surface area contributed by atoms with Crippen LogP contribution in [0.4, 0.5) is 0 Å². The van der Waals surface area contributed by atoms with Gasteiger partial charge in [0.15, 0.2) is 0 Å². The second-order valence-electron chi connectivity index (χ2n) is 3.45. The highest BCUT2D eigenvalue weighted by molar-refractivity contribution is 7.59. The van der Waals surface area contributed by atoms with Crippen LogP contribution in [0.3, 0.4) is 0 Å². The van der Waals surface area contributed by atoms with Crippen molar-refractivity contribution in [2.24, 2.45) is 0 Å². The zero-order valence-electron chi connectivity index (χ0n) is 9.04. The fourth-order valence-corrected chi connectivity index (χ4v) is 1.34. The van der Waals surface area contributed by atoms with Gasteiger partial charge in [0.2, 0.25) is 0 Å². The molecule has 3 heteroatoms. The molecule has 0 radical (unpaired) electrons. The van der Waals surface area contributed by atoms with Crippen molar-refractivity contribution in [3.63, 3.8) is 0 Å². The van der Waals surface area contributed by atoms with E-state index in [4.69, 9.17) is 0 Å². The lowest BCUT2D eigenvalue weighted by Crippen LogP contribution is -2.25. The predicted molar refractivity (Wildman–Crippen MR) is 80.6 cm³/mol. The van der Waals surface area contributed by atoms with Gasteiger partial charge in [0.25, 0.3) is 0 Å². The number of hydrogen-bond acceptors (Lipinski definition) is 1. The third kappa shape index (κ3) is 7.77. The molecule has 1 atom stereocenters. The summed E-state index contributed by atoms with van der Waals surface area (Å²) in [7, 11) is 0. The molecule has 1 rings (SSSR count). The van der Waals surface area contributed by atoms with E-state index in [-0.39, 0.29) is 34.4 Å². The molecule has 0 amide bonds. The molecule has 1 aromatic carbocycles.